The van der Waals surface area contributed by atoms with Gasteiger partial charge in [0.25, 0.3) is 0 Å². The maximum Gasteiger partial charge on any atom is 0.188 e. The fourth-order valence-electron chi connectivity index (χ4n) is 1.72. The van der Waals surface area contributed by atoms with Crippen LogP contribution in [0.3, 0.4) is 0 Å². The van der Waals surface area contributed by atoms with E-state index in [9.17, 15) is 0 Å². The summed E-state index contributed by atoms with van der Waals surface area (Å²) in [5, 5.41) is 3.16. The topological polar surface area (TPSA) is 50.4 Å². The van der Waals surface area contributed by atoms with Gasteiger partial charge in [-0.25, -0.2) is 0 Å². The highest BCUT2D eigenvalue weighted by Crippen LogP contribution is 2.08. The molecule has 0 aliphatic rings. The summed E-state index contributed by atoms with van der Waals surface area (Å²) in [6.45, 7) is 6.15. The molecule has 0 spiro atoms. The number of thioether (sulfide) groups is 1. The second kappa shape index (κ2) is 13.2. The second-order valence-corrected chi connectivity index (χ2v) is 6.40. The molecular formula is C16H28IN3S. The number of hydrogen-bond acceptors (Lipinski definition) is 2. The van der Waals surface area contributed by atoms with Crippen molar-refractivity contribution in [3.8, 4) is 0 Å². The van der Waals surface area contributed by atoms with Crippen LogP contribution in [0, 0.1) is 5.92 Å². The molecular weight excluding hydrogens is 393 g/mol. The smallest absolute Gasteiger partial charge is 0.188 e. The van der Waals surface area contributed by atoms with Crippen LogP contribution < -0.4 is 11.1 Å². The molecule has 0 atom stereocenters. The van der Waals surface area contributed by atoms with Crippen LogP contribution in [0.25, 0.3) is 0 Å². The summed E-state index contributed by atoms with van der Waals surface area (Å²) >= 11 is 2.00. The lowest BCUT2D eigenvalue weighted by Gasteiger charge is -2.06. The van der Waals surface area contributed by atoms with Crippen molar-refractivity contribution in [2.24, 2.45) is 16.6 Å². The molecule has 0 bridgehead atoms. The normalized spacial score (nSPS) is 11.3. The van der Waals surface area contributed by atoms with E-state index < -0.39 is 0 Å². The Balaban J connectivity index is 0.00000400. The second-order valence-electron chi connectivity index (χ2n) is 5.25. The molecule has 0 saturated heterocycles. The van der Waals surface area contributed by atoms with Gasteiger partial charge in [-0.1, -0.05) is 44.2 Å². The molecule has 0 aliphatic heterocycles. The number of benzene rings is 1. The zero-order valence-electron chi connectivity index (χ0n) is 13.0. The molecule has 3 nitrogen and oxygen atoms in total. The molecule has 3 N–H and O–H groups in total. The van der Waals surface area contributed by atoms with Gasteiger partial charge in [0.15, 0.2) is 5.96 Å². The van der Waals surface area contributed by atoms with Crippen LogP contribution in [0.15, 0.2) is 35.3 Å². The molecule has 0 fully saturated rings. The zero-order chi connectivity index (χ0) is 14.6. The molecule has 120 valence electrons. The van der Waals surface area contributed by atoms with Crippen molar-refractivity contribution < 1.29 is 0 Å². The average molecular weight is 421 g/mol. The number of nitrogens with two attached hydrogens (primary N) is 1. The molecule has 0 saturated carbocycles. The van der Waals surface area contributed by atoms with Crippen molar-refractivity contribution in [3.05, 3.63) is 35.9 Å². The van der Waals surface area contributed by atoms with E-state index in [2.05, 4.69) is 48.4 Å². The van der Waals surface area contributed by atoms with Gasteiger partial charge in [-0.15, -0.1) is 24.0 Å². The minimum atomic E-state index is 0. The van der Waals surface area contributed by atoms with Crippen LogP contribution in [0.4, 0.5) is 0 Å². The van der Waals surface area contributed by atoms with E-state index >= 15 is 0 Å². The zero-order valence-corrected chi connectivity index (χ0v) is 16.2. The standard InChI is InChI=1S/C16H27N3S.HI/c1-14(2)13-20-12-6-10-18-16(17)19-11-9-15-7-4-3-5-8-15;/h3-5,7-8,14H,6,9-13H2,1-2H3,(H3,17,18,19);1H. The van der Waals surface area contributed by atoms with Crippen LogP contribution in [-0.4, -0.2) is 30.6 Å². The van der Waals surface area contributed by atoms with Gasteiger partial charge in [0.2, 0.25) is 0 Å². The van der Waals surface area contributed by atoms with Crippen molar-refractivity contribution >= 4 is 41.7 Å². The maximum absolute atomic E-state index is 5.83. The molecule has 1 aromatic rings. The predicted molar refractivity (Wildman–Crippen MR) is 107 cm³/mol. The van der Waals surface area contributed by atoms with Gasteiger partial charge in [0.1, 0.15) is 0 Å². The molecule has 5 heteroatoms. The third-order valence-corrected chi connectivity index (χ3v) is 4.22. The molecule has 0 unspecified atom stereocenters. The Morgan fingerprint density at radius 2 is 2.00 bits per heavy atom. The van der Waals surface area contributed by atoms with E-state index in [1.807, 2.05) is 17.8 Å². The van der Waals surface area contributed by atoms with Crippen molar-refractivity contribution in [2.75, 3.05) is 24.6 Å². The largest absolute Gasteiger partial charge is 0.370 e. The highest BCUT2D eigenvalue weighted by Gasteiger charge is 1.95. The molecule has 0 heterocycles. The van der Waals surface area contributed by atoms with Crippen molar-refractivity contribution in [2.45, 2.75) is 26.7 Å². The molecule has 0 aromatic heterocycles. The Bertz CT molecular complexity index is 382. The minimum absolute atomic E-state index is 0. The molecule has 0 radical (unpaired) electrons. The van der Waals surface area contributed by atoms with Gasteiger partial charge in [-0.2, -0.15) is 11.8 Å². The quantitative estimate of drug-likeness (QED) is 0.278. The Morgan fingerprint density at radius 1 is 1.29 bits per heavy atom. The third-order valence-electron chi connectivity index (χ3n) is 2.74. The number of nitrogens with one attached hydrogen (secondary N) is 1. The highest BCUT2D eigenvalue weighted by molar-refractivity contribution is 14.0. The van der Waals surface area contributed by atoms with Gasteiger partial charge in [0.05, 0.1) is 0 Å². The Kier molecular flexibility index (Phi) is 13.0. The molecule has 1 rings (SSSR count). The summed E-state index contributed by atoms with van der Waals surface area (Å²) in [6.07, 6.45) is 2.07. The van der Waals surface area contributed by atoms with Crippen molar-refractivity contribution in [3.63, 3.8) is 0 Å². The number of aliphatic imine (C=N–C) groups is 1. The Labute approximate surface area is 150 Å². The van der Waals surface area contributed by atoms with E-state index in [-0.39, 0.29) is 24.0 Å². The molecule has 0 amide bonds. The van der Waals surface area contributed by atoms with Gasteiger partial charge in [-0.3, -0.25) is 4.99 Å². The van der Waals surface area contributed by atoms with Crippen LogP contribution in [0.5, 0.6) is 0 Å². The molecule has 1 aromatic carbocycles. The maximum atomic E-state index is 5.83. The average Bonchev–Trinajstić information content (AvgIpc) is 2.43. The number of rotatable bonds is 9. The Morgan fingerprint density at radius 3 is 2.67 bits per heavy atom. The summed E-state index contributed by atoms with van der Waals surface area (Å²) in [7, 11) is 0. The number of guanidine groups is 1. The Hall–Kier alpha value is -0.430. The first-order valence-electron chi connectivity index (χ1n) is 7.34. The van der Waals surface area contributed by atoms with E-state index in [0.29, 0.717) is 5.96 Å². The molecule has 21 heavy (non-hydrogen) atoms. The summed E-state index contributed by atoms with van der Waals surface area (Å²) in [6, 6.07) is 10.4. The highest BCUT2D eigenvalue weighted by atomic mass is 127. The van der Waals surface area contributed by atoms with Crippen LogP contribution >= 0.6 is 35.7 Å². The lowest BCUT2D eigenvalue weighted by atomic mass is 10.1. The summed E-state index contributed by atoms with van der Waals surface area (Å²) in [5.74, 6) is 3.73. The third kappa shape index (κ3) is 11.9. The van der Waals surface area contributed by atoms with Gasteiger partial charge < -0.3 is 11.1 Å². The van der Waals surface area contributed by atoms with Crippen molar-refractivity contribution in [1.82, 2.24) is 5.32 Å². The fourth-order valence-corrected chi connectivity index (χ4v) is 2.69. The van der Waals surface area contributed by atoms with Gasteiger partial charge in [0, 0.05) is 13.1 Å². The van der Waals surface area contributed by atoms with E-state index in [4.69, 9.17) is 5.73 Å². The number of halogens is 1. The minimum Gasteiger partial charge on any atom is -0.370 e. The summed E-state index contributed by atoms with van der Waals surface area (Å²) < 4.78 is 0. The van der Waals surface area contributed by atoms with Crippen LogP contribution in [0.2, 0.25) is 0 Å². The van der Waals surface area contributed by atoms with E-state index in [0.717, 1.165) is 31.8 Å². The summed E-state index contributed by atoms with van der Waals surface area (Å²) in [5.41, 5.74) is 7.15. The van der Waals surface area contributed by atoms with Gasteiger partial charge >= 0.3 is 0 Å². The number of nitrogens with zero attached hydrogens (tertiary/aromatic N) is 1. The SMILES string of the molecule is CC(C)CSCCCN=C(N)NCCc1ccccc1.I. The first-order chi connectivity index (χ1) is 9.68. The van der Waals surface area contributed by atoms with E-state index in [1.54, 1.807) is 0 Å². The summed E-state index contributed by atoms with van der Waals surface area (Å²) in [4.78, 5) is 4.34. The van der Waals surface area contributed by atoms with Gasteiger partial charge in [-0.05, 0) is 35.8 Å². The monoisotopic (exact) mass is 421 g/mol. The van der Waals surface area contributed by atoms with Crippen LogP contribution in [0.1, 0.15) is 25.8 Å². The first-order valence-corrected chi connectivity index (χ1v) is 8.49. The van der Waals surface area contributed by atoms with Crippen molar-refractivity contribution in [1.29, 1.82) is 0 Å². The van der Waals surface area contributed by atoms with E-state index in [1.165, 1.54) is 17.1 Å². The number of hydrogen-bond donors (Lipinski definition) is 2. The fraction of sp³-hybridized carbons (Fsp3) is 0.562. The predicted octanol–water partition coefficient (Wildman–Crippen LogP) is 3.53. The first kappa shape index (κ1) is 20.6. The van der Waals surface area contributed by atoms with Crippen LogP contribution in [-0.2, 0) is 6.42 Å². The lowest BCUT2D eigenvalue weighted by Crippen LogP contribution is -2.33. The lowest BCUT2D eigenvalue weighted by molar-refractivity contribution is 0.749. The molecule has 0 aliphatic carbocycles.